The van der Waals surface area contributed by atoms with Gasteiger partial charge in [0, 0.05) is 18.0 Å². The summed E-state index contributed by atoms with van der Waals surface area (Å²) in [5.74, 6) is -1.85. The number of halogens is 2. The Morgan fingerprint density at radius 2 is 1.77 bits per heavy atom. The predicted octanol–water partition coefficient (Wildman–Crippen LogP) is 4.37. The minimum atomic E-state index is -0.779. The Labute approximate surface area is 149 Å². The summed E-state index contributed by atoms with van der Waals surface area (Å²) in [4.78, 5) is 20.4. The minimum Gasteiger partial charge on any atom is -0.322 e. The topological polar surface area (TPSA) is 66.9 Å². The fraction of sp³-hybridized carbons (Fsp3) is 0.105. The van der Waals surface area contributed by atoms with Gasteiger partial charge in [0.1, 0.15) is 17.3 Å². The van der Waals surface area contributed by atoms with Crippen molar-refractivity contribution in [3.8, 4) is 0 Å². The van der Waals surface area contributed by atoms with Crippen molar-refractivity contribution in [2.45, 2.75) is 13.8 Å². The summed E-state index contributed by atoms with van der Waals surface area (Å²) in [5.41, 5.74) is 2.83. The molecule has 0 aliphatic carbocycles. The second-order valence-electron chi connectivity index (χ2n) is 5.79. The van der Waals surface area contributed by atoms with Crippen LogP contribution in [0.1, 0.15) is 21.6 Å². The van der Waals surface area contributed by atoms with Crippen molar-refractivity contribution in [1.29, 1.82) is 0 Å². The van der Waals surface area contributed by atoms with Crippen LogP contribution in [0, 0.1) is 25.5 Å². The molecule has 1 heterocycles. The van der Waals surface area contributed by atoms with Gasteiger partial charge in [0.25, 0.3) is 5.91 Å². The molecule has 132 valence electrons. The molecule has 0 unspecified atom stereocenters. The van der Waals surface area contributed by atoms with E-state index in [9.17, 15) is 13.6 Å². The van der Waals surface area contributed by atoms with Gasteiger partial charge in [-0.25, -0.2) is 18.7 Å². The molecule has 3 aromatic rings. The van der Waals surface area contributed by atoms with Crippen molar-refractivity contribution in [2.75, 3.05) is 10.6 Å². The zero-order chi connectivity index (χ0) is 18.7. The summed E-state index contributed by atoms with van der Waals surface area (Å²) >= 11 is 0. The Balaban J connectivity index is 1.79. The number of hydrogen-bond donors (Lipinski definition) is 2. The number of benzene rings is 2. The molecule has 0 fully saturated rings. The third-order valence-corrected chi connectivity index (χ3v) is 3.70. The summed E-state index contributed by atoms with van der Waals surface area (Å²) in [6, 6.07) is 10.2. The van der Waals surface area contributed by atoms with E-state index in [1.807, 2.05) is 32.0 Å². The molecule has 2 N–H and O–H groups in total. The molecule has 0 saturated carbocycles. The van der Waals surface area contributed by atoms with E-state index >= 15 is 0 Å². The first-order chi connectivity index (χ1) is 12.4. The molecular weight excluding hydrogens is 338 g/mol. The Hall–Kier alpha value is -3.35. The average Bonchev–Trinajstić information content (AvgIpc) is 2.60. The summed E-state index contributed by atoms with van der Waals surface area (Å²) in [5, 5.41) is 5.42. The lowest BCUT2D eigenvalue weighted by molar-refractivity contribution is 0.102. The Morgan fingerprint density at radius 1 is 1.00 bits per heavy atom. The first-order valence-corrected chi connectivity index (χ1v) is 7.86. The first-order valence-electron chi connectivity index (χ1n) is 7.86. The summed E-state index contributed by atoms with van der Waals surface area (Å²) in [7, 11) is 0. The summed E-state index contributed by atoms with van der Waals surface area (Å²) in [6.07, 6.45) is 1.38. The molecular formula is C19H16F2N4O. The molecule has 3 rings (SSSR count). The Kier molecular flexibility index (Phi) is 4.88. The van der Waals surface area contributed by atoms with Gasteiger partial charge in [0.15, 0.2) is 0 Å². The average molecular weight is 354 g/mol. The van der Waals surface area contributed by atoms with E-state index in [1.54, 1.807) is 0 Å². The fourth-order valence-corrected chi connectivity index (χ4v) is 2.40. The normalized spacial score (nSPS) is 10.5. The van der Waals surface area contributed by atoms with E-state index in [1.165, 1.54) is 18.3 Å². The predicted molar refractivity (Wildman–Crippen MR) is 95.5 cm³/mol. The van der Waals surface area contributed by atoms with Crippen LogP contribution in [0.3, 0.4) is 0 Å². The Morgan fingerprint density at radius 3 is 2.50 bits per heavy atom. The third-order valence-electron chi connectivity index (χ3n) is 3.70. The highest BCUT2D eigenvalue weighted by atomic mass is 19.1. The van der Waals surface area contributed by atoms with E-state index in [0.717, 1.165) is 23.3 Å². The molecule has 0 spiro atoms. The first kappa shape index (κ1) is 17.5. The second-order valence-corrected chi connectivity index (χ2v) is 5.79. The van der Waals surface area contributed by atoms with Gasteiger partial charge in [-0.05, 0) is 43.7 Å². The van der Waals surface area contributed by atoms with Gasteiger partial charge in [-0.3, -0.25) is 4.79 Å². The van der Waals surface area contributed by atoms with Gasteiger partial charge in [-0.15, -0.1) is 0 Å². The molecule has 0 saturated heterocycles. The Bertz CT molecular complexity index is 976. The van der Waals surface area contributed by atoms with Crippen LogP contribution in [-0.2, 0) is 0 Å². The number of anilines is 3. The summed E-state index contributed by atoms with van der Waals surface area (Å²) in [6.45, 7) is 3.86. The molecule has 0 radical (unpaired) electrons. The largest absolute Gasteiger partial charge is 0.322 e. The van der Waals surface area contributed by atoms with Crippen molar-refractivity contribution < 1.29 is 13.6 Å². The van der Waals surface area contributed by atoms with E-state index in [2.05, 4.69) is 20.6 Å². The second kappa shape index (κ2) is 7.26. The molecule has 26 heavy (non-hydrogen) atoms. The van der Waals surface area contributed by atoms with Crippen LogP contribution in [0.2, 0.25) is 0 Å². The van der Waals surface area contributed by atoms with Gasteiger partial charge in [0.2, 0.25) is 5.95 Å². The maximum absolute atomic E-state index is 13.7. The van der Waals surface area contributed by atoms with Crippen molar-refractivity contribution in [1.82, 2.24) is 9.97 Å². The quantitative estimate of drug-likeness (QED) is 0.730. The van der Waals surface area contributed by atoms with Crippen LogP contribution in [0.25, 0.3) is 0 Å². The number of carbonyl (C=O) groups excluding carboxylic acids is 1. The third kappa shape index (κ3) is 4.00. The van der Waals surface area contributed by atoms with Crippen LogP contribution >= 0.6 is 0 Å². The zero-order valence-corrected chi connectivity index (χ0v) is 14.2. The molecule has 0 atom stereocenters. The number of aromatic nitrogens is 2. The van der Waals surface area contributed by atoms with E-state index in [0.29, 0.717) is 5.69 Å². The van der Waals surface area contributed by atoms with Crippen LogP contribution in [-0.4, -0.2) is 15.9 Å². The van der Waals surface area contributed by atoms with Crippen LogP contribution < -0.4 is 10.6 Å². The van der Waals surface area contributed by atoms with E-state index < -0.39 is 17.5 Å². The smallest absolute Gasteiger partial charge is 0.274 e. The van der Waals surface area contributed by atoms with E-state index in [4.69, 9.17) is 0 Å². The lowest BCUT2D eigenvalue weighted by atomic mass is 10.1. The van der Waals surface area contributed by atoms with Crippen LogP contribution in [0.4, 0.5) is 26.1 Å². The number of nitrogens with one attached hydrogen (secondary N) is 2. The number of amides is 1. The molecule has 1 amide bonds. The molecule has 7 heteroatoms. The molecule has 0 aliphatic rings. The number of aryl methyl sites for hydroxylation is 2. The lowest BCUT2D eigenvalue weighted by Gasteiger charge is -2.10. The highest BCUT2D eigenvalue weighted by Gasteiger charge is 2.12. The zero-order valence-electron chi connectivity index (χ0n) is 14.2. The van der Waals surface area contributed by atoms with E-state index in [-0.39, 0.29) is 17.3 Å². The number of carbonyl (C=O) groups is 1. The minimum absolute atomic E-state index is 0.0123. The molecule has 5 nitrogen and oxygen atoms in total. The maximum Gasteiger partial charge on any atom is 0.274 e. The molecule has 1 aromatic heterocycles. The highest BCUT2D eigenvalue weighted by Crippen LogP contribution is 2.19. The molecule has 0 bridgehead atoms. The van der Waals surface area contributed by atoms with Gasteiger partial charge >= 0.3 is 0 Å². The van der Waals surface area contributed by atoms with Gasteiger partial charge in [-0.2, -0.15) is 0 Å². The van der Waals surface area contributed by atoms with Crippen LogP contribution in [0.5, 0.6) is 0 Å². The number of rotatable bonds is 4. The highest BCUT2D eigenvalue weighted by molar-refractivity contribution is 6.03. The maximum atomic E-state index is 13.7. The number of hydrogen-bond acceptors (Lipinski definition) is 4. The van der Waals surface area contributed by atoms with Crippen molar-refractivity contribution in [3.63, 3.8) is 0 Å². The van der Waals surface area contributed by atoms with Crippen molar-refractivity contribution in [3.05, 3.63) is 77.1 Å². The van der Waals surface area contributed by atoms with Gasteiger partial charge in [0.05, 0.1) is 5.69 Å². The molecule has 2 aromatic carbocycles. The van der Waals surface area contributed by atoms with Crippen molar-refractivity contribution >= 4 is 23.2 Å². The number of nitrogens with zero attached hydrogens (tertiary/aromatic N) is 2. The van der Waals surface area contributed by atoms with Gasteiger partial charge in [-0.1, -0.05) is 17.7 Å². The molecule has 0 aliphatic heterocycles. The summed E-state index contributed by atoms with van der Waals surface area (Å²) < 4.78 is 26.7. The monoisotopic (exact) mass is 354 g/mol. The lowest BCUT2D eigenvalue weighted by Crippen LogP contribution is -2.15. The SMILES string of the molecule is Cc1ccc(NC(=O)c2ccnc(Nc3ccc(F)cc3F)n2)c(C)c1. The van der Waals surface area contributed by atoms with Crippen LogP contribution in [0.15, 0.2) is 48.7 Å². The standard InChI is InChI=1S/C19H16F2N4O/c1-11-3-5-15(12(2)9-11)23-18(26)17-7-8-22-19(25-17)24-16-6-4-13(20)10-14(16)21/h3-10H,1-2H3,(H,23,26)(H,22,24,25). The fourth-order valence-electron chi connectivity index (χ4n) is 2.40. The van der Waals surface area contributed by atoms with Crippen molar-refractivity contribution in [2.24, 2.45) is 0 Å². The van der Waals surface area contributed by atoms with Gasteiger partial charge < -0.3 is 10.6 Å².